The van der Waals surface area contributed by atoms with Gasteiger partial charge >= 0.3 is 0 Å². The molecule has 4 nitrogen and oxygen atoms in total. The van der Waals surface area contributed by atoms with Crippen LogP contribution in [0.2, 0.25) is 0 Å². The number of carbonyl (C=O) groups is 1. The fraction of sp³-hybridized carbons (Fsp3) is 0.130. The first-order valence-corrected chi connectivity index (χ1v) is 9.96. The number of Topliss-reactive ketones (excluding diaryl/α,β-unsaturated/α-hetero) is 1. The standard InChI is InChI=1S/C23H17BrN2O2/c24-17-12-10-15(11-13-17)19-14-20-18-8-4-5-9-21(18)28-23(26(20)25-19)22(27)16-6-2-1-3-7-16/h1-13,20,23H,14H2. The number of ketones is 1. The fourth-order valence-corrected chi connectivity index (χ4v) is 4.03. The molecule has 0 saturated heterocycles. The minimum Gasteiger partial charge on any atom is -0.461 e. The summed E-state index contributed by atoms with van der Waals surface area (Å²) in [6.45, 7) is 0. The Labute approximate surface area is 171 Å². The summed E-state index contributed by atoms with van der Waals surface area (Å²) in [6, 6.07) is 25.3. The Hall–Kier alpha value is -2.92. The van der Waals surface area contributed by atoms with Gasteiger partial charge < -0.3 is 4.74 Å². The van der Waals surface area contributed by atoms with Crippen LogP contribution in [0.15, 0.2) is 88.4 Å². The van der Waals surface area contributed by atoms with E-state index >= 15 is 0 Å². The van der Waals surface area contributed by atoms with Gasteiger partial charge in [0.05, 0.1) is 11.8 Å². The Morgan fingerprint density at radius 3 is 2.46 bits per heavy atom. The smallest absolute Gasteiger partial charge is 0.251 e. The maximum atomic E-state index is 13.2. The molecule has 2 heterocycles. The molecule has 0 N–H and O–H groups in total. The van der Waals surface area contributed by atoms with Crippen molar-refractivity contribution in [3.05, 3.63) is 100 Å². The summed E-state index contributed by atoms with van der Waals surface area (Å²) >= 11 is 3.48. The molecule has 28 heavy (non-hydrogen) atoms. The molecule has 138 valence electrons. The zero-order valence-electron chi connectivity index (χ0n) is 15.0. The van der Waals surface area contributed by atoms with Gasteiger partial charge in [-0.2, -0.15) is 5.10 Å². The number of ether oxygens (including phenoxy) is 1. The molecule has 2 aliphatic rings. The highest BCUT2D eigenvalue weighted by Crippen LogP contribution is 2.43. The van der Waals surface area contributed by atoms with Gasteiger partial charge in [-0.1, -0.05) is 76.6 Å². The number of carbonyl (C=O) groups excluding carboxylic acids is 1. The van der Waals surface area contributed by atoms with E-state index in [1.165, 1.54) is 0 Å². The highest BCUT2D eigenvalue weighted by Gasteiger charge is 2.43. The molecule has 0 aromatic heterocycles. The van der Waals surface area contributed by atoms with Gasteiger partial charge in [-0.05, 0) is 23.8 Å². The van der Waals surface area contributed by atoms with Crippen molar-refractivity contribution in [2.45, 2.75) is 18.7 Å². The summed E-state index contributed by atoms with van der Waals surface area (Å²) in [7, 11) is 0. The molecule has 0 fully saturated rings. The summed E-state index contributed by atoms with van der Waals surface area (Å²) in [6.07, 6.45) is -0.0316. The van der Waals surface area contributed by atoms with E-state index in [0.29, 0.717) is 5.56 Å². The van der Waals surface area contributed by atoms with Crippen LogP contribution in [0.1, 0.15) is 33.9 Å². The van der Waals surface area contributed by atoms with Gasteiger partial charge in [-0.15, -0.1) is 0 Å². The van der Waals surface area contributed by atoms with Gasteiger partial charge in [0.15, 0.2) is 0 Å². The first-order chi connectivity index (χ1) is 13.7. The van der Waals surface area contributed by atoms with Gasteiger partial charge in [0.1, 0.15) is 5.75 Å². The second-order valence-corrected chi connectivity index (χ2v) is 7.81. The van der Waals surface area contributed by atoms with Crippen LogP contribution in [0, 0.1) is 0 Å². The number of halogens is 1. The molecule has 3 aromatic rings. The second kappa shape index (κ2) is 6.91. The number of rotatable bonds is 3. The first kappa shape index (κ1) is 17.2. The zero-order chi connectivity index (χ0) is 19.1. The molecule has 0 spiro atoms. The second-order valence-electron chi connectivity index (χ2n) is 6.89. The van der Waals surface area contributed by atoms with Crippen molar-refractivity contribution in [2.75, 3.05) is 0 Å². The molecule has 3 aromatic carbocycles. The van der Waals surface area contributed by atoms with Crippen LogP contribution in [0.3, 0.4) is 0 Å². The van der Waals surface area contributed by atoms with Gasteiger partial charge in [-0.25, -0.2) is 5.01 Å². The number of nitrogens with zero attached hydrogens (tertiary/aromatic N) is 2. The topological polar surface area (TPSA) is 41.9 Å². The molecule has 5 heteroatoms. The van der Waals surface area contributed by atoms with Gasteiger partial charge in [0, 0.05) is 22.0 Å². The minimum absolute atomic E-state index is 0.0127. The highest BCUT2D eigenvalue weighted by molar-refractivity contribution is 9.10. The number of para-hydroxylation sites is 1. The molecule has 2 unspecified atom stereocenters. The van der Waals surface area contributed by atoms with Crippen LogP contribution in [0.25, 0.3) is 0 Å². The molecule has 2 aliphatic heterocycles. The SMILES string of the molecule is O=C(c1ccccc1)C1Oc2ccccc2C2CC(c3ccc(Br)cc3)=NN12. The van der Waals surface area contributed by atoms with Gasteiger partial charge in [0.25, 0.3) is 6.23 Å². The summed E-state index contributed by atoms with van der Waals surface area (Å²) in [5, 5.41) is 6.65. The average molecular weight is 433 g/mol. The number of hydrogen-bond donors (Lipinski definition) is 0. The lowest BCUT2D eigenvalue weighted by atomic mass is 9.96. The Morgan fingerprint density at radius 2 is 1.68 bits per heavy atom. The van der Waals surface area contributed by atoms with Crippen molar-refractivity contribution >= 4 is 27.4 Å². The van der Waals surface area contributed by atoms with Crippen molar-refractivity contribution in [1.82, 2.24) is 5.01 Å². The third kappa shape index (κ3) is 2.92. The third-order valence-corrected chi connectivity index (χ3v) is 5.69. The summed E-state index contributed by atoms with van der Waals surface area (Å²) in [5.74, 6) is 0.672. The van der Waals surface area contributed by atoms with Gasteiger partial charge in [0.2, 0.25) is 5.78 Å². The van der Waals surface area contributed by atoms with E-state index in [1.807, 2.05) is 77.8 Å². The van der Waals surface area contributed by atoms with Crippen LogP contribution >= 0.6 is 15.9 Å². The largest absolute Gasteiger partial charge is 0.461 e. The maximum Gasteiger partial charge on any atom is 0.251 e. The Kier molecular flexibility index (Phi) is 4.24. The van der Waals surface area contributed by atoms with Crippen molar-refractivity contribution in [3.8, 4) is 5.75 Å². The van der Waals surface area contributed by atoms with Crippen LogP contribution < -0.4 is 4.74 Å². The molecule has 2 atom stereocenters. The Balaban J connectivity index is 1.56. The molecule has 0 bridgehead atoms. The van der Waals surface area contributed by atoms with E-state index in [1.54, 1.807) is 0 Å². The highest BCUT2D eigenvalue weighted by atomic mass is 79.9. The predicted molar refractivity (Wildman–Crippen MR) is 112 cm³/mol. The van der Waals surface area contributed by atoms with Gasteiger partial charge in [-0.3, -0.25) is 4.79 Å². The zero-order valence-corrected chi connectivity index (χ0v) is 16.5. The van der Waals surface area contributed by atoms with E-state index in [9.17, 15) is 4.79 Å². The summed E-state index contributed by atoms with van der Waals surface area (Å²) in [4.78, 5) is 13.2. The van der Waals surface area contributed by atoms with E-state index in [0.717, 1.165) is 33.5 Å². The molecule has 0 radical (unpaired) electrons. The number of benzene rings is 3. The van der Waals surface area contributed by atoms with Crippen molar-refractivity contribution in [3.63, 3.8) is 0 Å². The van der Waals surface area contributed by atoms with E-state index < -0.39 is 6.23 Å². The average Bonchev–Trinajstić information content (AvgIpc) is 3.19. The van der Waals surface area contributed by atoms with E-state index in [-0.39, 0.29) is 11.8 Å². The number of hydrazone groups is 1. The Bertz CT molecular complexity index is 1060. The van der Waals surface area contributed by atoms with Crippen LogP contribution in [-0.4, -0.2) is 22.7 Å². The molecule has 0 aliphatic carbocycles. The molecular formula is C23H17BrN2O2. The lowest BCUT2D eigenvalue weighted by molar-refractivity contribution is -0.00455. The lowest BCUT2D eigenvalue weighted by Crippen LogP contribution is -2.45. The summed E-state index contributed by atoms with van der Waals surface area (Å²) in [5.41, 5.74) is 3.71. The van der Waals surface area contributed by atoms with Crippen LogP contribution in [0.4, 0.5) is 0 Å². The molecule has 0 saturated carbocycles. The number of hydrogen-bond acceptors (Lipinski definition) is 4. The van der Waals surface area contributed by atoms with Crippen molar-refractivity contribution in [1.29, 1.82) is 0 Å². The van der Waals surface area contributed by atoms with E-state index in [4.69, 9.17) is 9.84 Å². The number of fused-ring (bicyclic) bond motifs is 3. The Morgan fingerprint density at radius 1 is 0.964 bits per heavy atom. The van der Waals surface area contributed by atoms with E-state index in [2.05, 4.69) is 22.0 Å². The fourth-order valence-electron chi connectivity index (χ4n) is 3.77. The normalized spacial score (nSPS) is 20.0. The van der Waals surface area contributed by atoms with Crippen molar-refractivity contribution in [2.24, 2.45) is 5.10 Å². The van der Waals surface area contributed by atoms with Crippen molar-refractivity contribution < 1.29 is 9.53 Å². The third-order valence-electron chi connectivity index (χ3n) is 5.16. The monoisotopic (exact) mass is 432 g/mol. The van der Waals surface area contributed by atoms with Crippen LogP contribution in [0.5, 0.6) is 5.75 Å². The lowest BCUT2D eigenvalue weighted by Gasteiger charge is -2.37. The molecule has 5 rings (SSSR count). The summed E-state index contributed by atoms with van der Waals surface area (Å²) < 4.78 is 7.15. The maximum absolute atomic E-state index is 13.2. The predicted octanol–water partition coefficient (Wildman–Crippen LogP) is 5.20. The van der Waals surface area contributed by atoms with Crippen LogP contribution in [-0.2, 0) is 0 Å². The molecular weight excluding hydrogens is 416 g/mol. The molecule has 0 amide bonds. The quantitative estimate of drug-likeness (QED) is 0.533. The minimum atomic E-state index is -0.768. The first-order valence-electron chi connectivity index (χ1n) is 9.17.